The number of allylic oxidation sites excluding steroid dienone is 6. The molecule has 0 saturated carbocycles. The van der Waals surface area contributed by atoms with E-state index in [9.17, 15) is 14.4 Å². The Morgan fingerprint density at radius 3 is 1.13 bits per heavy atom. The van der Waals surface area contributed by atoms with Gasteiger partial charge >= 0.3 is 17.9 Å². The van der Waals surface area contributed by atoms with Crippen LogP contribution in [-0.4, -0.2) is 37.2 Å². The Hall–Kier alpha value is -2.37. The summed E-state index contributed by atoms with van der Waals surface area (Å²) in [5.74, 6) is -0.909. The van der Waals surface area contributed by atoms with Crippen molar-refractivity contribution in [2.75, 3.05) is 13.2 Å². The van der Waals surface area contributed by atoms with Gasteiger partial charge in [0, 0.05) is 19.3 Å². The number of hydrogen-bond donors (Lipinski definition) is 0. The highest BCUT2D eigenvalue weighted by molar-refractivity contribution is 5.71. The Balaban J connectivity index is 4.37. The monoisotopic (exact) mass is 759 g/mol. The van der Waals surface area contributed by atoms with E-state index in [0.717, 1.165) is 83.5 Å². The summed E-state index contributed by atoms with van der Waals surface area (Å²) in [6, 6.07) is 0. The van der Waals surface area contributed by atoms with Gasteiger partial charge in [-0.15, -0.1) is 0 Å². The van der Waals surface area contributed by atoms with E-state index in [4.69, 9.17) is 14.2 Å². The van der Waals surface area contributed by atoms with Crippen LogP contribution in [0.5, 0.6) is 0 Å². The summed E-state index contributed by atoms with van der Waals surface area (Å²) in [6.07, 6.45) is 48.4. The Morgan fingerprint density at radius 1 is 0.389 bits per heavy atom. The third-order valence-corrected chi connectivity index (χ3v) is 9.91. The van der Waals surface area contributed by atoms with Crippen LogP contribution in [0.1, 0.15) is 233 Å². The van der Waals surface area contributed by atoms with Crippen LogP contribution in [0.25, 0.3) is 0 Å². The highest BCUT2D eigenvalue weighted by Crippen LogP contribution is 2.15. The average molecular weight is 759 g/mol. The zero-order valence-electron chi connectivity index (χ0n) is 35.7. The van der Waals surface area contributed by atoms with Crippen LogP contribution in [0.4, 0.5) is 0 Å². The SMILES string of the molecule is CC/C=C\C/C=C\C/C=C\CCCCCC(=O)OC(COC(=O)CCCCCCCCCCC)COC(=O)CCCCCCCCCCCCCCCC. The predicted octanol–water partition coefficient (Wildman–Crippen LogP) is 14.6. The Morgan fingerprint density at radius 2 is 0.722 bits per heavy atom. The standard InChI is InChI=1S/C48H86O6/c1-4-7-10-13-16-19-21-23-25-26-29-32-35-38-41-47(50)53-44-45(43-52-46(49)40-37-34-31-28-18-15-12-9-6-3)54-48(51)42-39-36-33-30-27-24-22-20-17-14-11-8-5-2/h8,11,17,20,24,27,45H,4-7,9-10,12-16,18-19,21-23,25-26,28-44H2,1-3H3/b11-8-,20-17-,27-24-. The van der Waals surface area contributed by atoms with Crippen molar-refractivity contribution in [3.05, 3.63) is 36.5 Å². The molecular weight excluding hydrogens is 673 g/mol. The topological polar surface area (TPSA) is 78.9 Å². The molecule has 0 aromatic carbocycles. The normalized spacial score (nSPS) is 12.3. The zero-order valence-corrected chi connectivity index (χ0v) is 35.7. The molecule has 0 fully saturated rings. The summed E-state index contributed by atoms with van der Waals surface area (Å²) in [5, 5.41) is 0. The van der Waals surface area contributed by atoms with Crippen molar-refractivity contribution in [1.29, 1.82) is 0 Å². The molecular formula is C48H86O6. The van der Waals surface area contributed by atoms with Crippen molar-refractivity contribution >= 4 is 17.9 Å². The van der Waals surface area contributed by atoms with Crippen molar-refractivity contribution in [2.24, 2.45) is 0 Å². The minimum atomic E-state index is -0.779. The second-order valence-electron chi connectivity index (χ2n) is 15.3. The molecule has 0 radical (unpaired) electrons. The molecule has 54 heavy (non-hydrogen) atoms. The number of rotatable bonds is 41. The number of ether oxygens (including phenoxy) is 3. The van der Waals surface area contributed by atoms with E-state index < -0.39 is 6.10 Å². The second kappa shape index (κ2) is 43.4. The second-order valence-corrected chi connectivity index (χ2v) is 15.3. The summed E-state index contributed by atoms with van der Waals surface area (Å²) >= 11 is 0. The van der Waals surface area contributed by atoms with Crippen LogP contribution in [0.15, 0.2) is 36.5 Å². The lowest BCUT2D eigenvalue weighted by Crippen LogP contribution is -2.30. The Labute approximate surface area is 334 Å². The molecule has 0 rings (SSSR count). The molecule has 0 N–H and O–H groups in total. The quantitative estimate of drug-likeness (QED) is 0.0267. The summed E-state index contributed by atoms with van der Waals surface area (Å²) in [5.41, 5.74) is 0. The van der Waals surface area contributed by atoms with Gasteiger partial charge in [0.1, 0.15) is 13.2 Å². The van der Waals surface area contributed by atoms with Gasteiger partial charge in [0.05, 0.1) is 0 Å². The van der Waals surface area contributed by atoms with Crippen molar-refractivity contribution in [3.63, 3.8) is 0 Å². The van der Waals surface area contributed by atoms with Gasteiger partial charge in [-0.1, -0.05) is 198 Å². The van der Waals surface area contributed by atoms with Gasteiger partial charge in [-0.3, -0.25) is 14.4 Å². The van der Waals surface area contributed by atoms with E-state index in [1.54, 1.807) is 0 Å². The first-order valence-corrected chi connectivity index (χ1v) is 23.0. The Kier molecular flexibility index (Phi) is 41.5. The van der Waals surface area contributed by atoms with Gasteiger partial charge < -0.3 is 14.2 Å². The lowest BCUT2D eigenvalue weighted by atomic mass is 10.0. The van der Waals surface area contributed by atoms with Crippen LogP contribution >= 0.6 is 0 Å². The van der Waals surface area contributed by atoms with E-state index in [1.165, 1.54) is 109 Å². The highest BCUT2D eigenvalue weighted by Gasteiger charge is 2.19. The minimum absolute atomic E-state index is 0.0807. The number of esters is 3. The summed E-state index contributed by atoms with van der Waals surface area (Å²) in [4.78, 5) is 37.7. The van der Waals surface area contributed by atoms with Gasteiger partial charge in [0.25, 0.3) is 0 Å². The molecule has 0 saturated heterocycles. The molecule has 0 bridgehead atoms. The van der Waals surface area contributed by atoms with E-state index >= 15 is 0 Å². The lowest BCUT2D eigenvalue weighted by molar-refractivity contribution is -0.167. The molecule has 0 aromatic rings. The van der Waals surface area contributed by atoms with Gasteiger partial charge in [0.15, 0.2) is 6.10 Å². The van der Waals surface area contributed by atoms with Crippen LogP contribution < -0.4 is 0 Å². The predicted molar refractivity (Wildman–Crippen MR) is 229 cm³/mol. The molecule has 6 nitrogen and oxygen atoms in total. The highest BCUT2D eigenvalue weighted by atomic mass is 16.6. The Bertz CT molecular complexity index is 922. The molecule has 0 heterocycles. The molecule has 0 aliphatic heterocycles. The maximum absolute atomic E-state index is 12.7. The third kappa shape index (κ3) is 40.8. The smallest absolute Gasteiger partial charge is 0.306 e. The lowest BCUT2D eigenvalue weighted by Gasteiger charge is -2.18. The molecule has 0 aliphatic carbocycles. The first-order valence-electron chi connectivity index (χ1n) is 23.0. The fourth-order valence-electron chi connectivity index (χ4n) is 6.46. The summed E-state index contributed by atoms with van der Waals surface area (Å²) < 4.78 is 16.7. The van der Waals surface area contributed by atoms with Gasteiger partial charge in [-0.25, -0.2) is 0 Å². The molecule has 0 spiro atoms. The fraction of sp³-hybridized carbons (Fsp3) is 0.812. The van der Waals surface area contributed by atoms with Gasteiger partial charge in [0.2, 0.25) is 0 Å². The van der Waals surface area contributed by atoms with Crippen molar-refractivity contribution < 1.29 is 28.6 Å². The molecule has 0 amide bonds. The van der Waals surface area contributed by atoms with Gasteiger partial charge in [-0.05, 0) is 51.4 Å². The maximum Gasteiger partial charge on any atom is 0.306 e. The summed E-state index contributed by atoms with van der Waals surface area (Å²) in [6.45, 7) is 6.48. The average Bonchev–Trinajstić information content (AvgIpc) is 3.17. The first kappa shape index (κ1) is 51.6. The number of carbonyl (C=O) groups excluding carboxylic acids is 3. The van der Waals surface area contributed by atoms with Crippen LogP contribution in [0.3, 0.4) is 0 Å². The maximum atomic E-state index is 12.7. The van der Waals surface area contributed by atoms with Crippen molar-refractivity contribution in [1.82, 2.24) is 0 Å². The van der Waals surface area contributed by atoms with E-state index in [0.29, 0.717) is 19.3 Å². The van der Waals surface area contributed by atoms with E-state index in [-0.39, 0.29) is 31.1 Å². The molecule has 1 atom stereocenters. The molecule has 1 unspecified atom stereocenters. The van der Waals surface area contributed by atoms with Crippen LogP contribution in [-0.2, 0) is 28.6 Å². The summed E-state index contributed by atoms with van der Waals surface area (Å²) in [7, 11) is 0. The van der Waals surface area contributed by atoms with E-state index in [1.807, 2.05) is 0 Å². The number of hydrogen-bond acceptors (Lipinski definition) is 6. The number of carbonyl (C=O) groups is 3. The van der Waals surface area contributed by atoms with Crippen LogP contribution in [0, 0.1) is 0 Å². The van der Waals surface area contributed by atoms with Crippen molar-refractivity contribution in [2.45, 2.75) is 239 Å². The van der Waals surface area contributed by atoms with Gasteiger partial charge in [-0.2, -0.15) is 0 Å². The fourth-order valence-corrected chi connectivity index (χ4v) is 6.46. The van der Waals surface area contributed by atoms with Crippen molar-refractivity contribution in [3.8, 4) is 0 Å². The molecule has 0 aromatic heterocycles. The van der Waals surface area contributed by atoms with E-state index in [2.05, 4.69) is 57.2 Å². The number of unbranched alkanes of at least 4 members (excludes halogenated alkanes) is 24. The molecule has 314 valence electrons. The third-order valence-electron chi connectivity index (χ3n) is 9.91. The van der Waals surface area contributed by atoms with Crippen LogP contribution in [0.2, 0.25) is 0 Å². The first-order chi connectivity index (χ1) is 26.5. The zero-order chi connectivity index (χ0) is 39.4. The largest absolute Gasteiger partial charge is 0.462 e. The molecule has 0 aliphatic rings. The molecule has 6 heteroatoms. The minimum Gasteiger partial charge on any atom is -0.462 e.